The van der Waals surface area contributed by atoms with Crippen molar-refractivity contribution in [2.24, 2.45) is 5.14 Å². The SMILES string of the molecule is CS(=O)(=O)Nc1ccc(OC2CC2)c(S(N)(=O)=O)c1. The molecule has 0 bridgehead atoms. The molecule has 1 aliphatic carbocycles. The summed E-state index contributed by atoms with van der Waals surface area (Å²) < 4.78 is 52.8. The third-order valence-corrected chi connectivity index (χ3v) is 3.91. The topological polar surface area (TPSA) is 116 Å². The maximum absolute atomic E-state index is 11.5. The zero-order chi connectivity index (χ0) is 14.3. The van der Waals surface area contributed by atoms with E-state index in [9.17, 15) is 16.8 Å². The Labute approximate surface area is 111 Å². The maximum atomic E-state index is 11.5. The van der Waals surface area contributed by atoms with Gasteiger partial charge >= 0.3 is 0 Å². The number of nitrogens with two attached hydrogens (primary N) is 1. The van der Waals surface area contributed by atoms with Crippen molar-refractivity contribution >= 4 is 25.7 Å². The Morgan fingerprint density at radius 3 is 2.37 bits per heavy atom. The van der Waals surface area contributed by atoms with Crippen molar-refractivity contribution in [1.29, 1.82) is 0 Å². The molecule has 0 unspecified atom stereocenters. The van der Waals surface area contributed by atoms with Crippen LogP contribution in [0.2, 0.25) is 0 Å². The highest BCUT2D eigenvalue weighted by Crippen LogP contribution is 2.32. The monoisotopic (exact) mass is 306 g/mol. The fourth-order valence-electron chi connectivity index (χ4n) is 1.47. The van der Waals surface area contributed by atoms with E-state index in [1.165, 1.54) is 12.1 Å². The van der Waals surface area contributed by atoms with Crippen molar-refractivity contribution in [3.63, 3.8) is 0 Å². The van der Waals surface area contributed by atoms with Crippen LogP contribution < -0.4 is 14.6 Å². The number of ether oxygens (including phenoxy) is 1. The summed E-state index contributed by atoms with van der Waals surface area (Å²) in [7, 11) is -7.48. The third-order valence-electron chi connectivity index (χ3n) is 2.37. The second-order valence-electron chi connectivity index (χ2n) is 4.40. The summed E-state index contributed by atoms with van der Waals surface area (Å²) in [5.74, 6) is 0.143. The summed E-state index contributed by atoms with van der Waals surface area (Å²) in [6, 6.07) is 3.97. The molecule has 0 saturated heterocycles. The van der Waals surface area contributed by atoms with Crippen molar-refractivity contribution in [2.75, 3.05) is 11.0 Å². The van der Waals surface area contributed by atoms with Crippen LogP contribution in [0.1, 0.15) is 12.8 Å². The molecule has 3 N–H and O–H groups in total. The van der Waals surface area contributed by atoms with Crippen LogP contribution in [-0.2, 0) is 20.0 Å². The van der Waals surface area contributed by atoms with Gasteiger partial charge < -0.3 is 4.74 Å². The number of sulfonamides is 2. The minimum absolute atomic E-state index is 0.00853. The summed E-state index contributed by atoms with van der Waals surface area (Å²) in [4.78, 5) is -0.229. The highest BCUT2D eigenvalue weighted by Gasteiger charge is 2.26. The molecule has 0 heterocycles. The van der Waals surface area contributed by atoms with Crippen LogP contribution in [0.15, 0.2) is 23.1 Å². The second kappa shape index (κ2) is 4.66. The van der Waals surface area contributed by atoms with E-state index in [2.05, 4.69) is 4.72 Å². The van der Waals surface area contributed by atoms with Gasteiger partial charge in [-0.2, -0.15) is 0 Å². The third kappa shape index (κ3) is 4.08. The molecule has 0 radical (unpaired) electrons. The van der Waals surface area contributed by atoms with Gasteiger partial charge in [0, 0.05) is 0 Å². The first-order valence-corrected chi connectivity index (χ1v) is 8.90. The number of rotatable bonds is 5. The summed E-state index contributed by atoms with van der Waals surface area (Å²) >= 11 is 0. The molecule has 0 amide bonds. The first-order chi connectivity index (χ1) is 8.65. The van der Waals surface area contributed by atoms with Crippen LogP contribution in [0.3, 0.4) is 0 Å². The fourth-order valence-corrected chi connectivity index (χ4v) is 2.71. The molecule has 0 aromatic heterocycles. The van der Waals surface area contributed by atoms with E-state index >= 15 is 0 Å². The van der Waals surface area contributed by atoms with Crippen LogP contribution in [0.5, 0.6) is 5.75 Å². The Balaban J connectivity index is 2.41. The van der Waals surface area contributed by atoms with E-state index in [1.807, 2.05) is 0 Å². The van der Waals surface area contributed by atoms with Gasteiger partial charge in [-0.15, -0.1) is 0 Å². The van der Waals surface area contributed by atoms with E-state index in [0.717, 1.165) is 25.2 Å². The average Bonchev–Trinajstić information content (AvgIpc) is 3.00. The van der Waals surface area contributed by atoms with E-state index in [0.29, 0.717) is 0 Å². The van der Waals surface area contributed by atoms with Gasteiger partial charge in [0.25, 0.3) is 0 Å². The molecule has 2 rings (SSSR count). The summed E-state index contributed by atoms with van der Waals surface area (Å²) in [6.07, 6.45) is 2.72. The highest BCUT2D eigenvalue weighted by atomic mass is 32.2. The Morgan fingerprint density at radius 1 is 1.26 bits per heavy atom. The zero-order valence-corrected chi connectivity index (χ0v) is 11.8. The lowest BCUT2D eigenvalue weighted by Gasteiger charge is -2.11. The lowest BCUT2D eigenvalue weighted by Crippen LogP contribution is -2.16. The molecular weight excluding hydrogens is 292 g/mol. The molecule has 1 aliphatic rings. The van der Waals surface area contributed by atoms with Gasteiger partial charge in [-0.25, -0.2) is 22.0 Å². The lowest BCUT2D eigenvalue weighted by molar-refractivity contribution is 0.295. The lowest BCUT2D eigenvalue weighted by atomic mass is 10.3. The van der Waals surface area contributed by atoms with E-state index in [-0.39, 0.29) is 22.4 Å². The van der Waals surface area contributed by atoms with Gasteiger partial charge in [-0.1, -0.05) is 0 Å². The van der Waals surface area contributed by atoms with Gasteiger partial charge in [0.1, 0.15) is 10.6 Å². The van der Waals surface area contributed by atoms with E-state index < -0.39 is 20.0 Å². The summed E-state index contributed by atoms with van der Waals surface area (Å²) in [5.41, 5.74) is 0.120. The summed E-state index contributed by atoms with van der Waals surface area (Å²) in [5, 5.41) is 5.10. The van der Waals surface area contributed by atoms with Crippen LogP contribution >= 0.6 is 0 Å². The molecule has 9 heteroatoms. The molecule has 1 saturated carbocycles. The van der Waals surface area contributed by atoms with E-state index in [1.54, 1.807) is 0 Å². The van der Waals surface area contributed by atoms with Gasteiger partial charge in [0.15, 0.2) is 0 Å². The van der Waals surface area contributed by atoms with Crippen molar-refractivity contribution in [3.8, 4) is 5.75 Å². The molecule has 1 aromatic carbocycles. The predicted molar refractivity (Wildman–Crippen MR) is 69.9 cm³/mol. The number of hydrogen-bond acceptors (Lipinski definition) is 5. The fraction of sp³-hybridized carbons (Fsp3) is 0.400. The Morgan fingerprint density at radius 2 is 1.89 bits per heavy atom. The van der Waals surface area contributed by atoms with Crippen LogP contribution in [0.25, 0.3) is 0 Å². The zero-order valence-electron chi connectivity index (χ0n) is 10.2. The van der Waals surface area contributed by atoms with Gasteiger partial charge in [-0.05, 0) is 31.0 Å². The van der Waals surface area contributed by atoms with Crippen LogP contribution in [-0.4, -0.2) is 29.2 Å². The minimum Gasteiger partial charge on any atom is -0.489 e. The molecule has 0 spiro atoms. The van der Waals surface area contributed by atoms with Crippen molar-refractivity contribution in [2.45, 2.75) is 23.8 Å². The first-order valence-electron chi connectivity index (χ1n) is 5.46. The Bertz CT molecular complexity index is 693. The van der Waals surface area contributed by atoms with Crippen molar-refractivity contribution in [3.05, 3.63) is 18.2 Å². The molecule has 1 aromatic rings. The number of nitrogens with one attached hydrogen (secondary N) is 1. The molecule has 7 nitrogen and oxygen atoms in total. The molecule has 1 fully saturated rings. The van der Waals surface area contributed by atoms with Crippen LogP contribution in [0.4, 0.5) is 5.69 Å². The first kappa shape index (κ1) is 14.1. The van der Waals surface area contributed by atoms with Gasteiger partial charge in [-0.3, -0.25) is 4.72 Å². The number of primary sulfonamides is 1. The van der Waals surface area contributed by atoms with Gasteiger partial charge in [0.05, 0.1) is 18.0 Å². The minimum atomic E-state index is -3.99. The van der Waals surface area contributed by atoms with Crippen molar-refractivity contribution < 1.29 is 21.6 Å². The Kier molecular flexibility index (Phi) is 3.45. The van der Waals surface area contributed by atoms with Crippen molar-refractivity contribution in [1.82, 2.24) is 0 Å². The molecular formula is C10H14N2O5S2. The summed E-state index contributed by atoms with van der Waals surface area (Å²) in [6.45, 7) is 0. The number of benzene rings is 1. The number of anilines is 1. The molecule has 0 aliphatic heterocycles. The van der Waals surface area contributed by atoms with Gasteiger partial charge in [0.2, 0.25) is 20.0 Å². The molecule has 106 valence electrons. The standard InChI is InChI=1S/C10H14N2O5S2/c1-18(13,14)12-7-2-5-9(17-8-3-4-8)10(6-7)19(11,15)16/h2,5-6,8,12H,3-4H2,1H3,(H2,11,15,16). The second-order valence-corrected chi connectivity index (χ2v) is 7.68. The predicted octanol–water partition coefficient (Wildman–Crippen LogP) is 0.247. The van der Waals surface area contributed by atoms with Crippen LogP contribution in [0, 0.1) is 0 Å². The normalized spacial score (nSPS) is 16.1. The number of hydrogen-bond donors (Lipinski definition) is 2. The smallest absolute Gasteiger partial charge is 0.241 e. The largest absolute Gasteiger partial charge is 0.489 e. The molecule has 0 atom stereocenters. The quantitative estimate of drug-likeness (QED) is 0.809. The Hall–Kier alpha value is -1.32. The highest BCUT2D eigenvalue weighted by molar-refractivity contribution is 7.92. The van der Waals surface area contributed by atoms with E-state index in [4.69, 9.17) is 9.88 Å². The molecule has 19 heavy (non-hydrogen) atoms. The maximum Gasteiger partial charge on any atom is 0.241 e. The average molecular weight is 306 g/mol.